The molecule has 16 nitrogen and oxygen atoms in total. The first-order chi connectivity index (χ1) is 34.7. The predicted molar refractivity (Wildman–Crippen MR) is 279 cm³/mol. The van der Waals surface area contributed by atoms with Gasteiger partial charge >= 0.3 is 0 Å². The Hall–Kier alpha value is -5.20. The number of thiazole rings is 1. The van der Waals surface area contributed by atoms with E-state index >= 15 is 0 Å². The third kappa shape index (κ3) is 9.83. The van der Waals surface area contributed by atoms with E-state index in [0.717, 1.165) is 98.2 Å². The molecule has 2 saturated carbocycles. The number of hydrogen-bond acceptors (Lipinski definition) is 14. The number of piperazine rings is 1. The van der Waals surface area contributed by atoms with E-state index in [0.29, 0.717) is 42.0 Å². The number of para-hydroxylation sites is 1. The molecule has 0 radical (unpaired) electrons. The first-order valence-corrected chi connectivity index (χ1v) is 27.5. The molecule has 4 atom stereocenters. The number of carbonyl (C=O) groups is 3. The van der Waals surface area contributed by atoms with Gasteiger partial charge in [0, 0.05) is 75.3 Å². The number of rotatable bonds is 11. The molecule has 5 aliphatic heterocycles. The molecule has 0 unspecified atom stereocenters. The SMILES string of the molecule is Cc1ncsc1-c1ccc(CNC(=O)[C@@H]2C[C@@H](O)CN2C(=O)[C@@H](NC(=O)C2CC3(C2)CC(N2CCC(N4CCC(N5CCN6c7cc(-c8ccccc8O)nnc7NC[C@H]6C5)CC4)CC2)C3)C(C)(C)C)cc1. The van der Waals surface area contributed by atoms with Crippen LogP contribution in [-0.2, 0) is 20.9 Å². The fraction of sp³-hybridized carbons (Fsp3) is 0.600. The molecule has 7 aliphatic rings. The molecule has 2 aromatic carbocycles. The highest BCUT2D eigenvalue weighted by Gasteiger charge is 2.57. The highest BCUT2D eigenvalue weighted by atomic mass is 32.1. The number of aromatic hydroxyl groups is 1. The Morgan fingerprint density at radius 3 is 2.21 bits per heavy atom. The third-order valence-electron chi connectivity index (χ3n) is 17.6. The number of amides is 3. The number of phenolic OH excluding ortho intramolecular Hbond substituents is 1. The molecular weight excluding hydrogens is 927 g/mol. The third-order valence-corrected chi connectivity index (χ3v) is 18.6. The van der Waals surface area contributed by atoms with Gasteiger partial charge in [0.05, 0.1) is 39.6 Å². The average molecular weight is 1000 g/mol. The number of piperidine rings is 2. The number of aliphatic hydroxyl groups is 1. The van der Waals surface area contributed by atoms with E-state index in [-0.39, 0.29) is 47.8 Å². The van der Waals surface area contributed by atoms with Gasteiger partial charge in [0.25, 0.3) is 0 Å². The minimum atomic E-state index is -0.821. The van der Waals surface area contributed by atoms with Gasteiger partial charge in [0.2, 0.25) is 17.7 Å². The van der Waals surface area contributed by atoms with Gasteiger partial charge in [-0.3, -0.25) is 19.3 Å². The molecule has 11 rings (SSSR count). The van der Waals surface area contributed by atoms with E-state index in [1.165, 1.54) is 43.7 Å². The Balaban J connectivity index is 0.604. The highest BCUT2D eigenvalue weighted by Crippen LogP contribution is 2.60. The van der Waals surface area contributed by atoms with Crippen LogP contribution in [0.3, 0.4) is 0 Å². The zero-order chi connectivity index (χ0) is 49.9. The van der Waals surface area contributed by atoms with Crippen LogP contribution in [0.1, 0.15) is 89.8 Å². The van der Waals surface area contributed by atoms with Crippen LogP contribution in [0.5, 0.6) is 5.75 Å². The van der Waals surface area contributed by atoms with Gasteiger partial charge in [0.15, 0.2) is 5.82 Å². The minimum Gasteiger partial charge on any atom is -0.507 e. The number of benzene rings is 2. The van der Waals surface area contributed by atoms with Crippen molar-refractivity contribution >= 4 is 40.6 Å². The molecule has 4 aromatic rings. The number of phenols is 1. The molecule has 6 fully saturated rings. The fourth-order valence-corrected chi connectivity index (χ4v) is 14.3. The number of aromatic nitrogens is 3. The molecule has 3 amide bonds. The number of fused-ring (bicyclic) bond motifs is 3. The van der Waals surface area contributed by atoms with Crippen molar-refractivity contribution in [3.8, 4) is 27.4 Å². The number of hydrogen-bond donors (Lipinski definition) is 5. The van der Waals surface area contributed by atoms with Crippen LogP contribution in [0.2, 0.25) is 0 Å². The normalized spacial score (nSPS) is 27.8. The summed E-state index contributed by atoms with van der Waals surface area (Å²) in [4.78, 5) is 59.5. The average Bonchev–Trinajstić information content (AvgIpc) is 3.98. The summed E-state index contributed by atoms with van der Waals surface area (Å²) < 4.78 is 0. The van der Waals surface area contributed by atoms with Crippen molar-refractivity contribution in [2.45, 2.75) is 134 Å². The molecule has 7 heterocycles. The van der Waals surface area contributed by atoms with Crippen LogP contribution >= 0.6 is 11.3 Å². The van der Waals surface area contributed by atoms with E-state index in [1.807, 2.05) is 75.7 Å². The van der Waals surface area contributed by atoms with Gasteiger partial charge in [-0.1, -0.05) is 57.2 Å². The van der Waals surface area contributed by atoms with Gasteiger partial charge in [-0.15, -0.1) is 21.5 Å². The van der Waals surface area contributed by atoms with Crippen molar-refractivity contribution in [3.05, 3.63) is 71.4 Å². The molecule has 17 heteroatoms. The maximum absolute atomic E-state index is 14.3. The molecule has 1 spiro atoms. The number of nitrogens with zero attached hydrogens (tertiary/aromatic N) is 8. The van der Waals surface area contributed by atoms with Gasteiger partial charge < -0.3 is 45.8 Å². The summed E-state index contributed by atoms with van der Waals surface area (Å²) in [6, 6.07) is 18.0. The Labute approximate surface area is 427 Å². The number of aryl methyl sites for hydroxylation is 1. The van der Waals surface area contributed by atoms with Crippen LogP contribution < -0.4 is 20.9 Å². The van der Waals surface area contributed by atoms with Gasteiger partial charge in [0.1, 0.15) is 17.8 Å². The molecule has 72 heavy (non-hydrogen) atoms. The maximum atomic E-state index is 14.3. The molecule has 2 aromatic heterocycles. The van der Waals surface area contributed by atoms with Crippen LogP contribution in [0.4, 0.5) is 11.5 Å². The van der Waals surface area contributed by atoms with Crippen molar-refractivity contribution in [1.82, 2.24) is 45.4 Å². The summed E-state index contributed by atoms with van der Waals surface area (Å²) in [5.41, 5.74) is 6.94. The van der Waals surface area contributed by atoms with E-state index in [2.05, 4.69) is 56.8 Å². The lowest BCUT2D eigenvalue weighted by molar-refractivity contribution is -0.150. The van der Waals surface area contributed by atoms with Crippen LogP contribution in [0, 0.1) is 23.7 Å². The van der Waals surface area contributed by atoms with Crippen molar-refractivity contribution in [2.75, 3.05) is 69.1 Å². The van der Waals surface area contributed by atoms with Crippen molar-refractivity contribution in [3.63, 3.8) is 0 Å². The van der Waals surface area contributed by atoms with E-state index in [9.17, 15) is 24.6 Å². The molecule has 2 aliphatic carbocycles. The van der Waals surface area contributed by atoms with E-state index < -0.39 is 23.6 Å². The monoisotopic (exact) mass is 1000 g/mol. The second-order valence-electron chi connectivity index (χ2n) is 23.3. The molecular formula is C55H73N11O5S. The molecule has 384 valence electrons. The smallest absolute Gasteiger partial charge is 0.246 e. The second-order valence-corrected chi connectivity index (χ2v) is 24.1. The van der Waals surface area contributed by atoms with Crippen LogP contribution in [-0.4, -0.2) is 164 Å². The summed E-state index contributed by atoms with van der Waals surface area (Å²) in [5.74, 6) is 0.227. The quantitative estimate of drug-likeness (QED) is 0.127. The summed E-state index contributed by atoms with van der Waals surface area (Å²) >= 11 is 1.60. The van der Waals surface area contributed by atoms with Gasteiger partial charge in [-0.25, -0.2) is 4.98 Å². The number of β-amino-alcohol motifs (C(OH)–C–C–N with tert-alkyl or cyclic N) is 1. The summed E-state index contributed by atoms with van der Waals surface area (Å²) in [6.07, 6.45) is 8.23. The Bertz CT molecular complexity index is 2610. The summed E-state index contributed by atoms with van der Waals surface area (Å²) in [7, 11) is 0. The minimum absolute atomic E-state index is 0.0577. The lowest BCUT2D eigenvalue weighted by atomic mass is 9.49. The zero-order valence-corrected chi connectivity index (χ0v) is 43.2. The van der Waals surface area contributed by atoms with E-state index in [4.69, 9.17) is 0 Å². The fourth-order valence-electron chi connectivity index (χ4n) is 13.4. The van der Waals surface area contributed by atoms with Crippen molar-refractivity contribution in [1.29, 1.82) is 0 Å². The van der Waals surface area contributed by atoms with Gasteiger partial charge in [-0.05, 0) is 125 Å². The number of carbonyl (C=O) groups excluding carboxylic acids is 3. The molecule has 5 N–H and O–H groups in total. The zero-order valence-electron chi connectivity index (χ0n) is 42.4. The molecule has 4 saturated heterocycles. The standard InChI is InChI=1S/C55H73N11O5S/c1-34-48(72-33-58-34)36-11-9-35(10-12-36)29-57-52(70)46-23-42(67)32-66(46)53(71)49(54(2,3)4)59-51(69)37-25-55(26-37)27-40(28-55)63-19-13-38(14-20-63)62-17-15-39(16-18-62)64-21-22-65-41(31-64)30-56-50-45(65)24-44(60-61-50)43-7-5-6-8-47(43)68/h5-12,24,33,37-42,46,49,67-68H,13-23,25-32H2,1-4H3,(H,56,61)(H,57,70)(H,59,69)/t37?,40?,41-,42+,46-,49+,55?/m0/s1. The Morgan fingerprint density at radius 2 is 1.53 bits per heavy atom. The second kappa shape index (κ2) is 19.9. The number of nitrogens with one attached hydrogen (secondary N) is 3. The maximum Gasteiger partial charge on any atom is 0.246 e. The Morgan fingerprint density at radius 1 is 0.833 bits per heavy atom. The lowest BCUT2D eigenvalue weighted by Crippen LogP contribution is -2.63. The van der Waals surface area contributed by atoms with Crippen molar-refractivity contribution < 1.29 is 24.6 Å². The number of aliphatic hydroxyl groups excluding tert-OH is 1. The lowest BCUT2D eigenvalue weighted by Gasteiger charge is -2.60. The predicted octanol–water partition coefficient (Wildman–Crippen LogP) is 5.49. The highest BCUT2D eigenvalue weighted by molar-refractivity contribution is 7.13. The number of anilines is 2. The van der Waals surface area contributed by atoms with Crippen LogP contribution in [0.15, 0.2) is 60.1 Å². The van der Waals surface area contributed by atoms with Gasteiger partial charge in [-0.2, -0.15) is 0 Å². The number of likely N-dealkylation sites (tertiary alicyclic amines) is 3. The van der Waals surface area contributed by atoms with Crippen molar-refractivity contribution in [2.24, 2.45) is 16.7 Å². The van der Waals surface area contributed by atoms with Crippen LogP contribution in [0.25, 0.3) is 21.7 Å². The Kier molecular flexibility index (Phi) is 13.6. The summed E-state index contributed by atoms with van der Waals surface area (Å²) in [5, 5.41) is 39.8. The first-order valence-electron chi connectivity index (χ1n) is 26.6. The topological polar surface area (TPSA) is 183 Å². The van der Waals surface area contributed by atoms with E-state index in [1.54, 1.807) is 17.4 Å². The summed E-state index contributed by atoms with van der Waals surface area (Å²) in [6.45, 7) is 16.7. The molecule has 0 bridgehead atoms. The largest absolute Gasteiger partial charge is 0.507 e. The first kappa shape index (κ1) is 49.0.